The van der Waals surface area contributed by atoms with Gasteiger partial charge in [-0.05, 0) is 54.8 Å². The fraction of sp³-hybridized carbons (Fsp3) is 0.116. The van der Waals surface area contributed by atoms with Crippen molar-refractivity contribution in [2.45, 2.75) is 26.9 Å². The van der Waals surface area contributed by atoms with E-state index in [-0.39, 0.29) is 5.56 Å². The van der Waals surface area contributed by atoms with Gasteiger partial charge in [-0.15, -0.1) is 17.9 Å². The average Bonchev–Trinajstić information content (AvgIpc) is 3.83. The minimum atomic E-state index is -0.00487. The van der Waals surface area contributed by atoms with Crippen molar-refractivity contribution in [3.63, 3.8) is 0 Å². The summed E-state index contributed by atoms with van der Waals surface area (Å²) in [7, 11) is 0. The highest BCUT2D eigenvalue weighted by molar-refractivity contribution is 8.12. The molecule has 0 unspecified atom stereocenters. The third kappa shape index (κ3) is 6.64. The molecule has 0 saturated carbocycles. The van der Waals surface area contributed by atoms with Crippen LogP contribution in [0.25, 0.3) is 44.5 Å². The molecular weight excluding hydrogens is 671 g/mol. The zero-order chi connectivity index (χ0) is 34.5. The quantitative estimate of drug-likeness (QED) is 0.105. The third-order valence-electron chi connectivity index (χ3n) is 8.59. The van der Waals surface area contributed by atoms with Gasteiger partial charge in [0.15, 0.2) is 0 Å². The molecule has 0 N–H and O–H groups in total. The topological polar surface area (TPSA) is 29.1 Å². The van der Waals surface area contributed by atoms with E-state index in [0.717, 1.165) is 27.8 Å². The maximum Gasteiger partial charge on any atom is 0.269 e. The molecule has 7 heteroatoms. The van der Waals surface area contributed by atoms with Gasteiger partial charge in [-0.3, -0.25) is 9.36 Å². The predicted molar refractivity (Wildman–Crippen MR) is 215 cm³/mol. The molecule has 0 fully saturated rings. The van der Waals surface area contributed by atoms with Gasteiger partial charge >= 0.3 is 0 Å². The Morgan fingerprint density at radius 2 is 1.30 bits per heavy atom. The number of rotatable bonds is 10. The number of hydrogen-bond donors (Lipinski definition) is 0. The molecule has 0 spiro atoms. The first kappa shape index (κ1) is 33.5. The summed E-state index contributed by atoms with van der Waals surface area (Å²) in [5.74, 6) is 0. The van der Waals surface area contributed by atoms with Gasteiger partial charge in [0.25, 0.3) is 10.6 Å². The monoisotopic (exact) mass is 708 g/mol. The van der Waals surface area contributed by atoms with Crippen molar-refractivity contribution in [3.05, 3.63) is 181 Å². The van der Waals surface area contributed by atoms with Gasteiger partial charge < -0.3 is 4.90 Å². The summed E-state index contributed by atoms with van der Waals surface area (Å²) in [4.78, 5) is 18.8. The maximum atomic E-state index is 14.0. The Bertz CT molecular complexity index is 2370. The van der Waals surface area contributed by atoms with E-state index in [0.29, 0.717) is 11.1 Å². The van der Waals surface area contributed by atoms with Crippen LogP contribution in [-0.4, -0.2) is 16.0 Å². The number of benzene rings is 4. The van der Waals surface area contributed by atoms with Gasteiger partial charge in [-0.25, -0.2) is 0 Å². The second-order valence-electron chi connectivity index (χ2n) is 11.7. The average molecular weight is 709 g/mol. The van der Waals surface area contributed by atoms with E-state index in [1.165, 1.54) is 54.8 Å². The molecule has 0 atom stereocenters. The third-order valence-corrected chi connectivity index (χ3v) is 12.0. The van der Waals surface area contributed by atoms with Crippen LogP contribution >= 0.6 is 34.4 Å². The van der Waals surface area contributed by atoms with Crippen LogP contribution in [0.5, 0.6) is 0 Å². The second-order valence-corrected chi connectivity index (χ2v) is 14.8. The number of aromatic nitrogens is 2. The van der Waals surface area contributed by atoms with E-state index >= 15 is 0 Å². The Kier molecular flexibility index (Phi) is 10.3. The molecule has 6 aromatic rings. The van der Waals surface area contributed by atoms with Gasteiger partial charge in [0, 0.05) is 23.6 Å². The summed E-state index contributed by atoms with van der Waals surface area (Å²) in [6, 6.07) is 42.3. The maximum absolute atomic E-state index is 14.0. The first-order valence-electron chi connectivity index (χ1n) is 16.8. The smallest absolute Gasteiger partial charge is 0.269 e. The number of nitrogens with zero attached hydrogens (tertiary/aromatic N) is 3. The van der Waals surface area contributed by atoms with E-state index in [1.807, 2.05) is 10.6 Å². The second kappa shape index (κ2) is 15.3. The number of thiazole rings is 2. The summed E-state index contributed by atoms with van der Waals surface area (Å²) >= 11 is 5.06. The van der Waals surface area contributed by atoms with Crippen LogP contribution in [0.1, 0.15) is 30.0 Å². The molecule has 0 amide bonds. The lowest BCUT2D eigenvalue weighted by Crippen LogP contribution is -2.37. The first-order chi connectivity index (χ1) is 24.6. The van der Waals surface area contributed by atoms with Crippen molar-refractivity contribution in [1.82, 2.24) is 9.47 Å². The molecule has 2 aromatic heterocycles. The SMILES string of the molecule is C=CCn1c(=Cc2sc(-c3ccccc3)c(-c3ccccc3)[n+]2CC)sc(=CC=C2SC(c3ccccc3)=C(c3ccccc3)N2CC)c1=O. The summed E-state index contributed by atoms with van der Waals surface area (Å²) < 4.78 is 5.81. The van der Waals surface area contributed by atoms with E-state index in [4.69, 9.17) is 0 Å². The number of thioether (sulfide) groups is 1. The largest absolute Gasteiger partial charge is 0.335 e. The Morgan fingerprint density at radius 1 is 0.720 bits per heavy atom. The highest BCUT2D eigenvalue weighted by atomic mass is 32.2. The van der Waals surface area contributed by atoms with Crippen LogP contribution in [0, 0.1) is 0 Å². The fourth-order valence-electron chi connectivity index (χ4n) is 6.29. The molecule has 0 aliphatic carbocycles. The summed E-state index contributed by atoms with van der Waals surface area (Å²) in [5, 5.41) is 2.20. The lowest BCUT2D eigenvalue weighted by Gasteiger charge is -2.21. The van der Waals surface area contributed by atoms with Crippen LogP contribution < -0.4 is 19.3 Å². The van der Waals surface area contributed by atoms with Crippen molar-refractivity contribution in [2.24, 2.45) is 0 Å². The van der Waals surface area contributed by atoms with Crippen molar-refractivity contribution in [2.75, 3.05) is 6.54 Å². The number of hydrogen-bond acceptors (Lipinski definition) is 5. The molecule has 4 aromatic carbocycles. The van der Waals surface area contributed by atoms with Crippen molar-refractivity contribution in [3.8, 4) is 21.7 Å². The minimum absolute atomic E-state index is 0.00487. The molecule has 1 aliphatic rings. The molecule has 0 bridgehead atoms. The van der Waals surface area contributed by atoms with E-state index in [1.54, 1.807) is 29.2 Å². The van der Waals surface area contributed by atoms with Crippen molar-refractivity contribution < 1.29 is 4.57 Å². The van der Waals surface area contributed by atoms with Crippen LogP contribution in [-0.2, 0) is 13.1 Å². The fourth-order valence-corrected chi connectivity index (χ4v) is 9.90. The van der Waals surface area contributed by atoms with Crippen LogP contribution in [0.3, 0.4) is 0 Å². The van der Waals surface area contributed by atoms with E-state index in [2.05, 4.69) is 163 Å². The van der Waals surface area contributed by atoms with E-state index in [9.17, 15) is 4.79 Å². The molecular formula is C43H38N3OS3+. The molecule has 0 radical (unpaired) electrons. The zero-order valence-electron chi connectivity index (χ0n) is 28.2. The standard InChI is InChI=1S/C43H38N3OS3/c1-4-29-46-38(30-37-45(6-3)40(32-21-13-8-14-22-32)42(50-37)34-25-17-10-18-26-34)48-35(43(46)47)27-28-36-44(5-2)39(31-19-11-7-12-20-31)41(49-36)33-23-15-9-16-24-33/h4,7-28,30H,1,5-6,29H2,2-3H3/q+1. The Labute approximate surface area is 305 Å². The van der Waals surface area contributed by atoms with Gasteiger partial charge in [-0.1, -0.05) is 138 Å². The van der Waals surface area contributed by atoms with Crippen LogP contribution in [0.15, 0.2) is 150 Å². The Morgan fingerprint density at radius 3 is 1.88 bits per heavy atom. The molecule has 248 valence electrons. The molecule has 50 heavy (non-hydrogen) atoms. The number of allylic oxidation sites excluding steroid dienone is 2. The Hall–Kier alpha value is -4.95. The molecule has 7 rings (SSSR count). The van der Waals surface area contributed by atoms with Crippen LogP contribution in [0.4, 0.5) is 0 Å². The normalized spacial score (nSPS) is 14.7. The molecule has 4 nitrogen and oxygen atoms in total. The van der Waals surface area contributed by atoms with E-state index < -0.39 is 0 Å². The first-order valence-corrected chi connectivity index (χ1v) is 19.3. The van der Waals surface area contributed by atoms with Gasteiger partial charge in [0.05, 0.1) is 21.3 Å². The highest BCUT2D eigenvalue weighted by Gasteiger charge is 2.29. The molecule has 1 aliphatic heterocycles. The van der Waals surface area contributed by atoms with Crippen molar-refractivity contribution in [1.29, 1.82) is 0 Å². The zero-order valence-corrected chi connectivity index (χ0v) is 30.6. The lowest BCUT2D eigenvalue weighted by atomic mass is 10.1. The Balaban J connectivity index is 1.36. The molecule has 0 saturated heterocycles. The summed E-state index contributed by atoms with van der Waals surface area (Å²) in [5.41, 5.74) is 7.09. The predicted octanol–water partition coefficient (Wildman–Crippen LogP) is 8.84. The van der Waals surface area contributed by atoms with Gasteiger partial charge in [0.2, 0.25) is 5.69 Å². The summed E-state index contributed by atoms with van der Waals surface area (Å²) in [6.45, 7) is 10.4. The summed E-state index contributed by atoms with van der Waals surface area (Å²) in [6.07, 6.45) is 8.09. The van der Waals surface area contributed by atoms with Gasteiger partial charge in [-0.2, -0.15) is 4.57 Å². The van der Waals surface area contributed by atoms with Crippen LogP contribution in [0.2, 0.25) is 0 Å². The highest BCUT2D eigenvalue weighted by Crippen LogP contribution is 2.50. The van der Waals surface area contributed by atoms with Crippen molar-refractivity contribution >= 4 is 57.2 Å². The van der Waals surface area contributed by atoms with Gasteiger partial charge in [0.1, 0.15) is 16.1 Å². The lowest BCUT2D eigenvalue weighted by molar-refractivity contribution is -0.679. The minimum Gasteiger partial charge on any atom is -0.335 e. The molecule has 3 heterocycles.